The van der Waals surface area contributed by atoms with E-state index >= 15 is 0 Å². The number of likely N-dealkylation sites (N-methyl/N-ethyl adjacent to an activating group) is 1. The van der Waals surface area contributed by atoms with Gasteiger partial charge in [0, 0.05) is 33.9 Å². The van der Waals surface area contributed by atoms with E-state index in [1.165, 1.54) is 12.0 Å². The van der Waals surface area contributed by atoms with Crippen molar-refractivity contribution >= 4 is 23.1 Å². The van der Waals surface area contributed by atoms with Gasteiger partial charge >= 0.3 is 0 Å². The van der Waals surface area contributed by atoms with Gasteiger partial charge in [-0.25, -0.2) is 0 Å². The number of rotatable bonds is 6. The molecule has 0 aromatic rings. The lowest BCUT2D eigenvalue weighted by molar-refractivity contribution is -0.142. The first-order valence-electron chi connectivity index (χ1n) is 6.24. The fraction of sp³-hybridized carbons (Fsp3) is 0.833. The molecule has 0 aromatic heterocycles. The van der Waals surface area contributed by atoms with Crippen molar-refractivity contribution in [3.8, 4) is 0 Å². The van der Waals surface area contributed by atoms with Crippen LogP contribution in [0.2, 0.25) is 0 Å². The number of carbonyl (C=O) groups excluding carboxylic acids is 1. The second-order valence-electron chi connectivity index (χ2n) is 4.85. The standard InChI is InChI=1S/C12H22N2O4S/c1-14(7-9(15)8-17-2)11(16)12(10(13)19)3-5-18-6-4-12/h9,15H,3-8H2,1-2H3,(H2,13,19). The molecule has 7 heteroatoms. The third-order valence-corrected chi connectivity index (χ3v) is 3.81. The number of aliphatic hydroxyl groups excluding tert-OH is 1. The number of hydrogen-bond acceptors (Lipinski definition) is 5. The Morgan fingerprint density at radius 3 is 2.63 bits per heavy atom. The van der Waals surface area contributed by atoms with Crippen molar-refractivity contribution in [2.24, 2.45) is 11.1 Å². The van der Waals surface area contributed by atoms with Crippen LogP contribution in [0.15, 0.2) is 0 Å². The smallest absolute Gasteiger partial charge is 0.235 e. The molecular weight excluding hydrogens is 268 g/mol. The Labute approximate surface area is 118 Å². The van der Waals surface area contributed by atoms with Gasteiger partial charge in [-0.1, -0.05) is 12.2 Å². The maximum atomic E-state index is 12.6. The van der Waals surface area contributed by atoms with Crippen molar-refractivity contribution in [3.63, 3.8) is 0 Å². The van der Waals surface area contributed by atoms with Crippen molar-refractivity contribution in [1.29, 1.82) is 0 Å². The van der Waals surface area contributed by atoms with Crippen molar-refractivity contribution in [3.05, 3.63) is 0 Å². The minimum atomic E-state index is -0.838. The highest BCUT2D eigenvalue weighted by atomic mass is 32.1. The summed E-state index contributed by atoms with van der Waals surface area (Å²) in [5, 5.41) is 9.68. The van der Waals surface area contributed by atoms with E-state index in [-0.39, 0.29) is 24.0 Å². The molecule has 1 unspecified atom stereocenters. The number of methoxy groups -OCH3 is 1. The maximum Gasteiger partial charge on any atom is 0.235 e. The first-order valence-corrected chi connectivity index (χ1v) is 6.65. The maximum absolute atomic E-state index is 12.6. The van der Waals surface area contributed by atoms with Crippen LogP contribution in [0.25, 0.3) is 0 Å². The molecule has 1 aliphatic heterocycles. The normalized spacial score (nSPS) is 19.7. The molecule has 6 nitrogen and oxygen atoms in total. The minimum Gasteiger partial charge on any atom is -0.392 e. The van der Waals surface area contributed by atoms with Crippen LogP contribution in [0.1, 0.15) is 12.8 Å². The number of nitrogens with zero attached hydrogens (tertiary/aromatic N) is 1. The van der Waals surface area contributed by atoms with E-state index in [1.807, 2.05) is 0 Å². The third kappa shape index (κ3) is 3.85. The average molecular weight is 290 g/mol. The topological polar surface area (TPSA) is 85.0 Å². The highest BCUT2D eigenvalue weighted by molar-refractivity contribution is 7.80. The van der Waals surface area contributed by atoms with Crippen LogP contribution in [0.5, 0.6) is 0 Å². The lowest BCUT2D eigenvalue weighted by Crippen LogP contribution is -2.53. The number of nitrogens with two attached hydrogens (primary N) is 1. The van der Waals surface area contributed by atoms with Crippen LogP contribution in [0.3, 0.4) is 0 Å². The Morgan fingerprint density at radius 2 is 2.16 bits per heavy atom. The summed E-state index contributed by atoms with van der Waals surface area (Å²) in [5.74, 6) is -0.154. The van der Waals surface area contributed by atoms with Gasteiger partial charge < -0.3 is 25.2 Å². The predicted molar refractivity (Wildman–Crippen MR) is 74.8 cm³/mol. The second kappa shape index (κ2) is 7.14. The van der Waals surface area contributed by atoms with Gasteiger partial charge in [0.15, 0.2) is 0 Å². The summed E-state index contributed by atoms with van der Waals surface area (Å²) in [4.78, 5) is 14.2. The first kappa shape index (κ1) is 16.3. The molecular formula is C12H22N2O4S. The predicted octanol–water partition coefficient (Wildman–Crippen LogP) is -0.465. The van der Waals surface area contributed by atoms with Crippen molar-refractivity contribution in [1.82, 2.24) is 4.90 Å². The molecule has 0 saturated carbocycles. The van der Waals surface area contributed by atoms with Gasteiger partial charge in [0.05, 0.1) is 17.7 Å². The second-order valence-corrected chi connectivity index (χ2v) is 5.29. The summed E-state index contributed by atoms with van der Waals surface area (Å²) in [6.45, 7) is 1.31. The Bertz CT molecular complexity index is 332. The highest BCUT2D eigenvalue weighted by Crippen LogP contribution is 2.33. The molecule has 0 spiro atoms. The van der Waals surface area contributed by atoms with Crippen LogP contribution in [-0.4, -0.2) is 67.5 Å². The lowest BCUT2D eigenvalue weighted by Gasteiger charge is -2.38. The number of thiocarbonyl (C=S) groups is 1. The zero-order chi connectivity index (χ0) is 14.5. The van der Waals surface area contributed by atoms with Gasteiger partial charge in [-0.05, 0) is 12.8 Å². The monoisotopic (exact) mass is 290 g/mol. The average Bonchev–Trinajstić information content (AvgIpc) is 2.38. The number of ether oxygens (including phenoxy) is 2. The Hall–Kier alpha value is -0.760. The summed E-state index contributed by atoms with van der Waals surface area (Å²) in [5.41, 5.74) is 4.93. The molecule has 1 fully saturated rings. The fourth-order valence-electron chi connectivity index (χ4n) is 2.29. The first-order chi connectivity index (χ1) is 8.94. The molecule has 3 N–H and O–H groups in total. The van der Waals surface area contributed by atoms with Crippen LogP contribution >= 0.6 is 12.2 Å². The molecule has 0 bridgehead atoms. The van der Waals surface area contributed by atoms with E-state index in [4.69, 9.17) is 27.4 Å². The molecule has 1 heterocycles. The molecule has 110 valence electrons. The summed E-state index contributed by atoms with van der Waals surface area (Å²) >= 11 is 5.08. The SMILES string of the molecule is COCC(O)CN(C)C(=O)C1(C(N)=S)CCOCC1. The van der Waals surface area contributed by atoms with Crippen molar-refractivity contribution < 1.29 is 19.4 Å². The summed E-state index contributed by atoms with van der Waals surface area (Å²) in [6, 6.07) is 0. The fourth-order valence-corrected chi connectivity index (χ4v) is 2.59. The van der Waals surface area contributed by atoms with E-state index in [2.05, 4.69) is 0 Å². The molecule has 1 amide bonds. The van der Waals surface area contributed by atoms with Crippen molar-refractivity contribution in [2.75, 3.05) is 40.5 Å². The highest BCUT2D eigenvalue weighted by Gasteiger charge is 2.44. The Balaban J connectivity index is 2.74. The molecule has 1 rings (SSSR count). The largest absolute Gasteiger partial charge is 0.392 e. The zero-order valence-electron chi connectivity index (χ0n) is 11.4. The van der Waals surface area contributed by atoms with E-state index in [1.54, 1.807) is 7.05 Å². The summed E-state index contributed by atoms with van der Waals surface area (Å²) in [7, 11) is 3.14. The van der Waals surface area contributed by atoms with Gasteiger partial charge in [0.25, 0.3) is 0 Å². The van der Waals surface area contributed by atoms with Crippen LogP contribution in [0.4, 0.5) is 0 Å². The van der Waals surface area contributed by atoms with E-state index < -0.39 is 11.5 Å². The van der Waals surface area contributed by atoms with Gasteiger partial charge in [0.1, 0.15) is 5.41 Å². The van der Waals surface area contributed by atoms with Crippen molar-refractivity contribution in [2.45, 2.75) is 18.9 Å². The molecule has 0 aromatic carbocycles. The lowest BCUT2D eigenvalue weighted by atomic mass is 9.78. The van der Waals surface area contributed by atoms with Gasteiger partial charge in [-0.15, -0.1) is 0 Å². The molecule has 19 heavy (non-hydrogen) atoms. The van der Waals surface area contributed by atoms with E-state index in [9.17, 15) is 9.90 Å². The number of aliphatic hydroxyl groups is 1. The summed E-state index contributed by atoms with van der Waals surface area (Å²) < 4.78 is 10.1. The number of carbonyl (C=O) groups is 1. The quantitative estimate of drug-likeness (QED) is 0.644. The number of hydrogen-bond donors (Lipinski definition) is 2. The molecule has 0 radical (unpaired) electrons. The minimum absolute atomic E-state index is 0.154. The molecule has 1 aliphatic rings. The Morgan fingerprint density at radius 1 is 1.58 bits per heavy atom. The third-order valence-electron chi connectivity index (χ3n) is 3.42. The van der Waals surface area contributed by atoms with E-state index in [0.717, 1.165) is 0 Å². The Kier molecular flexibility index (Phi) is 6.12. The molecule has 1 atom stereocenters. The van der Waals surface area contributed by atoms with Crippen LogP contribution < -0.4 is 5.73 Å². The summed E-state index contributed by atoms with van der Waals surface area (Å²) in [6.07, 6.45) is 0.264. The number of amides is 1. The van der Waals surface area contributed by atoms with E-state index in [0.29, 0.717) is 26.1 Å². The van der Waals surface area contributed by atoms with Crippen LogP contribution in [0, 0.1) is 5.41 Å². The zero-order valence-corrected chi connectivity index (χ0v) is 12.2. The van der Waals surface area contributed by atoms with Gasteiger partial charge in [-0.3, -0.25) is 4.79 Å². The van der Waals surface area contributed by atoms with Gasteiger partial charge in [0.2, 0.25) is 5.91 Å². The van der Waals surface area contributed by atoms with Gasteiger partial charge in [-0.2, -0.15) is 0 Å². The molecule has 1 saturated heterocycles. The molecule has 0 aliphatic carbocycles. The van der Waals surface area contributed by atoms with Crippen LogP contribution in [-0.2, 0) is 14.3 Å².